The topological polar surface area (TPSA) is 80.7 Å². The van der Waals surface area contributed by atoms with Crippen molar-refractivity contribution in [2.24, 2.45) is 0 Å². The zero-order valence-corrected chi connectivity index (χ0v) is 13.2. The first-order chi connectivity index (χ1) is 11.8. The van der Waals surface area contributed by atoms with Crippen LogP contribution in [0.2, 0.25) is 0 Å². The molecule has 0 aliphatic heterocycles. The number of hydrogen-bond donors (Lipinski definition) is 1. The van der Waals surface area contributed by atoms with Gasteiger partial charge < -0.3 is 5.32 Å². The summed E-state index contributed by atoms with van der Waals surface area (Å²) in [4.78, 5) is 29.4. The van der Waals surface area contributed by atoms with Crippen LogP contribution in [-0.4, -0.2) is 25.8 Å². The second-order valence-electron chi connectivity index (χ2n) is 4.94. The molecule has 24 heavy (non-hydrogen) atoms. The van der Waals surface area contributed by atoms with Crippen LogP contribution in [0, 0.1) is 0 Å². The predicted octanol–water partition coefficient (Wildman–Crippen LogP) is 3.40. The van der Waals surface area contributed by atoms with Crippen molar-refractivity contribution in [3.05, 3.63) is 66.1 Å². The number of carbonyl (C=O) groups is 1. The van der Waals surface area contributed by atoms with Gasteiger partial charge in [-0.25, -0.2) is 15.0 Å². The lowest BCUT2D eigenvalue weighted by Crippen LogP contribution is -2.12. The summed E-state index contributed by atoms with van der Waals surface area (Å²) in [7, 11) is 0. The minimum atomic E-state index is -0.273. The van der Waals surface area contributed by atoms with Crippen molar-refractivity contribution in [1.29, 1.82) is 0 Å². The number of nitrogens with zero attached hydrogens (tertiary/aromatic N) is 4. The highest BCUT2D eigenvalue weighted by Gasteiger charge is 2.14. The van der Waals surface area contributed by atoms with E-state index in [4.69, 9.17) is 0 Å². The van der Waals surface area contributed by atoms with E-state index in [9.17, 15) is 4.79 Å². The zero-order valence-electron chi connectivity index (χ0n) is 12.4. The molecule has 3 aromatic heterocycles. The lowest BCUT2D eigenvalue weighted by Gasteiger charge is -2.06. The molecule has 0 unspecified atom stereocenters. The van der Waals surface area contributed by atoms with E-state index < -0.39 is 0 Å². The van der Waals surface area contributed by atoms with Gasteiger partial charge in [0.2, 0.25) is 0 Å². The first kappa shape index (κ1) is 14.4. The zero-order chi connectivity index (χ0) is 16.4. The Balaban J connectivity index is 1.62. The highest BCUT2D eigenvalue weighted by molar-refractivity contribution is 7.13. The molecule has 0 fully saturated rings. The summed E-state index contributed by atoms with van der Waals surface area (Å²) < 4.78 is 0. The Morgan fingerprint density at radius 2 is 1.79 bits per heavy atom. The Hall–Kier alpha value is -3.19. The monoisotopic (exact) mass is 333 g/mol. The summed E-state index contributed by atoms with van der Waals surface area (Å²) >= 11 is 1.34. The highest BCUT2D eigenvalue weighted by Crippen LogP contribution is 2.23. The molecule has 3 heterocycles. The highest BCUT2D eigenvalue weighted by atomic mass is 32.1. The van der Waals surface area contributed by atoms with Gasteiger partial charge in [-0.1, -0.05) is 6.07 Å². The fourth-order valence-corrected chi connectivity index (χ4v) is 3.03. The summed E-state index contributed by atoms with van der Waals surface area (Å²) in [5.41, 5.74) is 1.87. The van der Waals surface area contributed by atoms with Crippen LogP contribution in [0.4, 0.5) is 5.69 Å². The molecule has 0 atom stereocenters. The molecule has 0 aliphatic carbocycles. The van der Waals surface area contributed by atoms with Crippen molar-refractivity contribution < 1.29 is 4.79 Å². The first-order valence-electron chi connectivity index (χ1n) is 7.19. The van der Waals surface area contributed by atoms with E-state index in [1.54, 1.807) is 30.0 Å². The first-order valence-corrected chi connectivity index (χ1v) is 8.07. The Morgan fingerprint density at radius 3 is 2.67 bits per heavy atom. The van der Waals surface area contributed by atoms with Gasteiger partial charge in [-0.15, -0.1) is 11.3 Å². The smallest absolute Gasteiger partial charge is 0.275 e. The minimum Gasteiger partial charge on any atom is -0.320 e. The van der Waals surface area contributed by atoms with Crippen molar-refractivity contribution in [3.63, 3.8) is 0 Å². The number of anilines is 1. The molecule has 0 spiro atoms. The van der Waals surface area contributed by atoms with E-state index in [1.165, 1.54) is 11.3 Å². The average molecular weight is 333 g/mol. The molecule has 0 saturated carbocycles. The quantitative estimate of drug-likeness (QED) is 0.621. The van der Waals surface area contributed by atoms with E-state index in [0.717, 1.165) is 10.9 Å². The van der Waals surface area contributed by atoms with Crippen LogP contribution >= 0.6 is 11.3 Å². The second kappa shape index (κ2) is 6.13. The maximum Gasteiger partial charge on any atom is 0.275 e. The molecule has 0 radical (unpaired) electrons. The van der Waals surface area contributed by atoms with Crippen LogP contribution in [-0.2, 0) is 0 Å². The lowest BCUT2D eigenvalue weighted by molar-refractivity contribution is 0.102. The molecule has 0 saturated heterocycles. The van der Waals surface area contributed by atoms with E-state index in [2.05, 4.69) is 25.3 Å². The molecule has 1 amide bonds. The number of pyridine rings is 1. The summed E-state index contributed by atoms with van der Waals surface area (Å²) in [5, 5.41) is 6.09. The fourth-order valence-electron chi connectivity index (χ4n) is 2.29. The van der Waals surface area contributed by atoms with Gasteiger partial charge in [-0.2, -0.15) is 0 Å². The number of benzene rings is 1. The fraction of sp³-hybridized carbons (Fsp3) is 0. The number of amides is 1. The van der Waals surface area contributed by atoms with E-state index in [0.29, 0.717) is 22.2 Å². The Kier molecular flexibility index (Phi) is 3.68. The van der Waals surface area contributed by atoms with Gasteiger partial charge in [0, 0.05) is 29.4 Å². The number of fused-ring (bicyclic) bond motifs is 1. The van der Waals surface area contributed by atoms with Crippen LogP contribution in [0.1, 0.15) is 10.5 Å². The lowest BCUT2D eigenvalue weighted by atomic mass is 10.2. The van der Waals surface area contributed by atoms with Gasteiger partial charge in [0.05, 0.1) is 11.2 Å². The number of thiazole rings is 1. The normalized spacial score (nSPS) is 10.7. The Labute approximate surface area is 141 Å². The summed E-state index contributed by atoms with van der Waals surface area (Å²) in [6, 6.07) is 11.1. The molecule has 1 N–H and O–H groups in total. The SMILES string of the molecule is O=C(Nc1cccc2ncccc12)c1csc(-c2ncccn2)n1. The van der Waals surface area contributed by atoms with Crippen molar-refractivity contribution in [3.8, 4) is 10.8 Å². The number of hydrogen-bond acceptors (Lipinski definition) is 6. The molecule has 7 heteroatoms. The second-order valence-corrected chi connectivity index (χ2v) is 5.80. The number of rotatable bonds is 3. The molecule has 4 aromatic rings. The number of aromatic nitrogens is 4. The van der Waals surface area contributed by atoms with E-state index in [-0.39, 0.29) is 5.91 Å². The summed E-state index contributed by atoms with van der Waals surface area (Å²) in [5.74, 6) is 0.237. The third kappa shape index (κ3) is 2.72. The van der Waals surface area contributed by atoms with Crippen LogP contribution in [0.15, 0.2) is 60.4 Å². The molecule has 1 aromatic carbocycles. The van der Waals surface area contributed by atoms with Gasteiger partial charge in [0.25, 0.3) is 5.91 Å². The van der Waals surface area contributed by atoms with Crippen molar-refractivity contribution in [1.82, 2.24) is 19.9 Å². The Bertz CT molecular complexity index is 1010. The molecule has 4 rings (SSSR count). The van der Waals surface area contributed by atoms with Gasteiger partial charge in [-0.05, 0) is 30.3 Å². The number of nitrogens with one attached hydrogen (secondary N) is 1. The molecular formula is C17H11N5OS. The maximum atomic E-state index is 12.5. The maximum absolute atomic E-state index is 12.5. The summed E-state index contributed by atoms with van der Waals surface area (Å²) in [6.07, 6.45) is 5.01. The van der Waals surface area contributed by atoms with Crippen molar-refractivity contribution >= 4 is 33.8 Å². The minimum absolute atomic E-state index is 0.273. The van der Waals surface area contributed by atoms with Gasteiger partial charge in [0.15, 0.2) is 10.8 Å². The average Bonchev–Trinajstić information content (AvgIpc) is 3.13. The van der Waals surface area contributed by atoms with E-state index >= 15 is 0 Å². The summed E-state index contributed by atoms with van der Waals surface area (Å²) in [6.45, 7) is 0. The third-order valence-electron chi connectivity index (χ3n) is 3.39. The van der Waals surface area contributed by atoms with Crippen LogP contribution in [0.5, 0.6) is 0 Å². The molecular weight excluding hydrogens is 322 g/mol. The van der Waals surface area contributed by atoms with Crippen LogP contribution in [0.25, 0.3) is 21.7 Å². The van der Waals surface area contributed by atoms with Gasteiger partial charge in [0.1, 0.15) is 5.69 Å². The van der Waals surface area contributed by atoms with Crippen molar-refractivity contribution in [2.45, 2.75) is 0 Å². The predicted molar refractivity (Wildman–Crippen MR) is 92.8 cm³/mol. The van der Waals surface area contributed by atoms with Crippen LogP contribution in [0.3, 0.4) is 0 Å². The number of carbonyl (C=O) groups excluding carboxylic acids is 1. The molecule has 116 valence electrons. The molecule has 0 aliphatic rings. The van der Waals surface area contributed by atoms with Gasteiger partial charge >= 0.3 is 0 Å². The standard InChI is InChI=1S/C17H11N5OS/c23-16(14-10-24-17(22-14)15-19-8-3-9-20-15)21-13-6-1-5-12-11(13)4-2-7-18-12/h1-10H,(H,21,23). The van der Waals surface area contributed by atoms with E-state index in [1.807, 2.05) is 30.3 Å². The van der Waals surface area contributed by atoms with Crippen LogP contribution < -0.4 is 5.32 Å². The Morgan fingerprint density at radius 1 is 0.958 bits per heavy atom. The largest absolute Gasteiger partial charge is 0.320 e. The van der Waals surface area contributed by atoms with Crippen molar-refractivity contribution in [2.75, 3.05) is 5.32 Å². The molecule has 0 bridgehead atoms. The van der Waals surface area contributed by atoms with Gasteiger partial charge in [-0.3, -0.25) is 9.78 Å². The molecule has 6 nitrogen and oxygen atoms in total. The third-order valence-corrected chi connectivity index (χ3v) is 4.23.